The summed E-state index contributed by atoms with van der Waals surface area (Å²) < 4.78 is 28.2. The van der Waals surface area contributed by atoms with Gasteiger partial charge < -0.3 is 9.84 Å². The van der Waals surface area contributed by atoms with Crippen LogP contribution in [0.1, 0.15) is 42.5 Å². The van der Waals surface area contributed by atoms with E-state index in [4.69, 9.17) is 20.5 Å². The predicted octanol–water partition coefficient (Wildman–Crippen LogP) is 3.02. The van der Waals surface area contributed by atoms with Crippen LogP contribution in [0.15, 0.2) is 23.1 Å². The van der Waals surface area contributed by atoms with Gasteiger partial charge in [-0.15, -0.1) is 0 Å². The molecule has 0 unspecified atom stereocenters. The standard InChI is InChI=1S/C13H15ClO5S/c14-20(17,18)10-6-7-12(11(8-10)13(15)16)19-9-4-2-1-3-5-9/h6-9H,1-5H2,(H,15,16). The van der Waals surface area contributed by atoms with E-state index in [1.165, 1.54) is 12.1 Å². The molecule has 1 aromatic rings. The lowest BCUT2D eigenvalue weighted by Gasteiger charge is -2.23. The number of carboxylic acid groups (broad SMARTS) is 1. The Kier molecular flexibility index (Phi) is 4.55. The molecule has 2 rings (SSSR count). The predicted molar refractivity (Wildman–Crippen MR) is 73.9 cm³/mol. The van der Waals surface area contributed by atoms with Crippen molar-refractivity contribution >= 4 is 25.7 Å². The van der Waals surface area contributed by atoms with E-state index in [-0.39, 0.29) is 22.3 Å². The minimum Gasteiger partial charge on any atom is -0.490 e. The first kappa shape index (κ1) is 15.1. The number of benzene rings is 1. The van der Waals surface area contributed by atoms with Crippen LogP contribution in [0, 0.1) is 0 Å². The van der Waals surface area contributed by atoms with Gasteiger partial charge in [0.15, 0.2) is 0 Å². The third-order valence-corrected chi connectivity index (χ3v) is 4.66. The molecule has 1 aliphatic rings. The molecule has 0 aromatic heterocycles. The van der Waals surface area contributed by atoms with Gasteiger partial charge in [-0.25, -0.2) is 13.2 Å². The van der Waals surface area contributed by atoms with Crippen molar-refractivity contribution in [3.63, 3.8) is 0 Å². The topological polar surface area (TPSA) is 80.7 Å². The van der Waals surface area contributed by atoms with Crippen LogP contribution in [0.2, 0.25) is 0 Å². The molecule has 1 aliphatic carbocycles. The molecule has 1 N–H and O–H groups in total. The lowest BCUT2D eigenvalue weighted by Crippen LogP contribution is -2.21. The van der Waals surface area contributed by atoms with Crippen LogP contribution < -0.4 is 4.74 Å². The molecule has 110 valence electrons. The molecular formula is C13H15ClO5S. The van der Waals surface area contributed by atoms with Crippen molar-refractivity contribution in [2.24, 2.45) is 0 Å². The molecule has 0 aliphatic heterocycles. The fraction of sp³-hybridized carbons (Fsp3) is 0.462. The van der Waals surface area contributed by atoms with Crippen LogP contribution >= 0.6 is 10.7 Å². The van der Waals surface area contributed by atoms with E-state index in [2.05, 4.69) is 0 Å². The maximum absolute atomic E-state index is 11.2. The first-order valence-corrected chi connectivity index (χ1v) is 8.67. The lowest BCUT2D eigenvalue weighted by molar-refractivity contribution is 0.0685. The van der Waals surface area contributed by atoms with Crippen molar-refractivity contribution in [2.75, 3.05) is 0 Å². The molecular weight excluding hydrogens is 304 g/mol. The normalized spacial score (nSPS) is 16.9. The van der Waals surface area contributed by atoms with Crippen LogP contribution in [-0.2, 0) is 9.05 Å². The molecule has 20 heavy (non-hydrogen) atoms. The summed E-state index contributed by atoms with van der Waals surface area (Å²) in [7, 11) is 1.26. The Bertz CT molecular complexity index is 605. The molecule has 1 saturated carbocycles. The molecule has 1 fully saturated rings. The zero-order valence-corrected chi connectivity index (χ0v) is 12.3. The second-order valence-electron chi connectivity index (χ2n) is 4.78. The number of carbonyl (C=O) groups is 1. The molecule has 7 heteroatoms. The number of rotatable bonds is 4. The second-order valence-corrected chi connectivity index (χ2v) is 7.34. The summed E-state index contributed by atoms with van der Waals surface area (Å²) in [6.07, 6.45) is 5.03. The van der Waals surface area contributed by atoms with Crippen LogP contribution in [-0.4, -0.2) is 25.6 Å². The Morgan fingerprint density at radius 2 is 1.90 bits per heavy atom. The van der Waals surface area contributed by atoms with E-state index in [1.807, 2.05) is 0 Å². The summed E-state index contributed by atoms with van der Waals surface area (Å²) in [6, 6.07) is 3.64. The fourth-order valence-corrected chi connectivity index (χ4v) is 3.07. The molecule has 5 nitrogen and oxygen atoms in total. The van der Waals surface area contributed by atoms with Gasteiger partial charge in [0.25, 0.3) is 9.05 Å². The van der Waals surface area contributed by atoms with Crippen LogP contribution in [0.5, 0.6) is 5.75 Å². The maximum Gasteiger partial charge on any atom is 0.339 e. The summed E-state index contributed by atoms with van der Waals surface area (Å²) in [5.74, 6) is -1.05. The smallest absolute Gasteiger partial charge is 0.339 e. The van der Waals surface area contributed by atoms with Crippen molar-refractivity contribution < 1.29 is 23.1 Å². The first-order valence-electron chi connectivity index (χ1n) is 6.36. The SMILES string of the molecule is O=C(O)c1cc(S(=O)(=O)Cl)ccc1OC1CCCCC1. The third kappa shape index (κ3) is 3.64. The van der Waals surface area contributed by atoms with Gasteiger partial charge in [0.2, 0.25) is 0 Å². The van der Waals surface area contributed by atoms with Crippen molar-refractivity contribution in [3.8, 4) is 5.75 Å². The number of ether oxygens (including phenoxy) is 1. The molecule has 0 saturated heterocycles. The van der Waals surface area contributed by atoms with Gasteiger partial charge in [-0.1, -0.05) is 6.42 Å². The Morgan fingerprint density at radius 1 is 1.25 bits per heavy atom. The molecule has 0 radical (unpaired) electrons. The highest BCUT2D eigenvalue weighted by Crippen LogP contribution is 2.28. The lowest BCUT2D eigenvalue weighted by atomic mass is 9.97. The molecule has 1 aromatic carbocycles. The van der Waals surface area contributed by atoms with Crippen molar-refractivity contribution in [2.45, 2.75) is 43.1 Å². The zero-order chi connectivity index (χ0) is 14.8. The van der Waals surface area contributed by atoms with E-state index in [0.29, 0.717) is 0 Å². The van der Waals surface area contributed by atoms with Gasteiger partial charge in [-0.3, -0.25) is 0 Å². The summed E-state index contributed by atoms with van der Waals surface area (Å²) in [5, 5.41) is 9.17. The van der Waals surface area contributed by atoms with Gasteiger partial charge in [-0.2, -0.15) is 0 Å². The van der Waals surface area contributed by atoms with Crippen LogP contribution in [0.25, 0.3) is 0 Å². The van der Waals surface area contributed by atoms with Gasteiger partial charge in [0.05, 0.1) is 11.0 Å². The van der Waals surface area contributed by atoms with Crippen LogP contribution in [0.3, 0.4) is 0 Å². The highest BCUT2D eigenvalue weighted by atomic mass is 35.7. The molecule has 0 heterocycles. The highest BCUT2D eigenvalue weighted by Gasteiger charge is 2.21. The highest BCUT2D eigenvalue weighted by molar-refractivity contribution is 8.13. The second kappa shape index (κ2) is 6.01. The summed E-state index contributed by atoms with van der Waals surface area (Å²) in [4.78, 5) is 11.0. The van der Waals surface area contributed by atoms with E-state index >= 15 is 0 Å². The summed E-state index contributed by atoms with van der Waals surface area (Å²) in [5.41, 5.74) is -0.183. The number of halogens is 1. The molecule has 0 bridgehead atoms. The van der Waals surface area contributed by atoms with Gasteiger partial charge in [-0.05, 0) is 43.9 Å². The third-order valence-electron chi connectivity index (χ3n) is 3.31. The molecule has 0 amide bonds. The Labute approximate surface area is 121 Å². The largest absolute Gasteiger partial charge is 0.490 e. The average Bonchev–Trinajstić information content (AvgIpc) is 2.38. The van der Waals surface area contributed by atoms with E-state index in [9.17, 15) is 13.2 Å². The van der Waals surface area contributed by atoms with Gasteiger partial charge >= 0.3 is 5.97 Å². The number of aromatic carboxylic acids is 1. The van der Waals surface area contributed by atoms with E-state index in [0.717, 1.165) is 38.2 Å². The molecule has 0 spiro atoms. The Balaban J connectivity index is 2.30. The monoisotopic (exact) mass is 318 g/mol. The van der Waals surface area contributed by atoms with Crippen molar-refractivity contribution in [3.05, 3.63) is 23.8 Å². The van der Waals surface area contributed by atoms with Crippen molar-refractivity contribution in [1.82, 2.24) is 0 Å². The quantitative estimate of drug-likeness (QED) is 0.863. The number of carboxylic acids is 1. The summed E-state index contributed by atoms with van der Waals surface area (Å²) in [6.45, 7) is 0. The minimum absolute atomic E-state index is 0.0136. The number of hydrogen-bond acceptors (Lipinski definition) is 4. The van der Waals surface area contributed by atoms with Gasteiger partial charge in [0, 0.05) is 10.7 Å². The van der Waals surface area contributed by atoms with E-state index < -0.39 is 15.0 Å². The zero-order valence-electron chi connectivity index (χ0n) is 10.7. The van der Waals surface area contributed by atoms with Crippen molar-refractivity contribution in [1.29, 1.82) is 0 Å². The Morgan fingerprint density at radius 3 is 2.45 bits per heavy atom. The average molecular weight is 319 g/mol. The van der Waals surface area contributed by atoms with E-state index in [1.54, 1.807) is 0 Å². The molecule has 0 atom stereocenters. The number of hydrogen-bond donors (Lipinski definition) is 1. The van der Waals surface area contributed by atoms with Gasteiger partial charge in [0.1, 0.15) is 11.3 Å². The van der Waals surface area contributed by atoms with Crippen LogP contribution in [0.4, 0.5) is 0 Å². The maximum atomic E-state index is 11.2. The summed E-state index contributed by atoms with van der Waals surface area (Å²) >= 11 is 0. The minimum atomic E-state index is -3.96. The first-order chi connectivity index (χ1) is 9.38. The Hall–Kier alpha value is -1.27. The fourth-order valence-electron chi connectivity index (χ4n) is 2.29.